The van der Waals surface area contributed by atoms with Gasteiger partial charge in [0.2, 0.25) is 0 Å². The van der Waals surface area contributed by atoms with Crippen LogP contribution in [0.25, 0.3) is 49.8 Å². The van der Waals surface area contributed by atoms with E-state index in [1.165, 1.54) is 0 Å². The Kier molecular flexibility index (Phi) is 3.81. The summed E-state index contributed by atoms with van der Waals surface area (Å²) >= 11 is 0. The summed E-state index contributed by atoms with van der Waals surface area (Å²) in [5.41, 5.74) is 5.52. The summed E-state index contributed by atoms with van der Waals surface area (Å²) in [5.74, 6) is 0.848. The Morgan fingerprint density at radius 2 is 1.48 bits per heavy atom. The van der Waals surface area contributed by atoms with E-state index in [0.717, 1.165) is 49.8 Å². The van der Waals surface area contributed by atoms with Gasteiger partial charge in [-0.2, -0.15) is 5.26 Å². The zero-order valence-electron chi connectivity index (χ0n) is 16.5. The van der Waals surface area contributed by atoms with Crippen LogP contribution in [0.2, 0.25) is 0 Å². The molecule has 0 aliphatic carbocycles. The summed E-state index contributed by atoms with van der Waals surface area (Å²) in [6.45, 7) is 0. The zero-order chi connectivity index (χ0) is 20.8. The highest BCUT2D eigenvalue weighted by Crippen LogP contribution is 2.40. The van der Waals surface area contributed by atoms with E-state index >= 15 is 0 Å². The van der Waals surface area contributed by atoms with E-state index in [1.54, 1.807) is 0 Å². The molecule has 0 saturated carbocycles. The molecule has 0 fully saturated rings. The van der Waals surface area contributed by atoms with Crippen molar-refractivity contribution in [2.24, 2.45) is 0 Å². The van der Waals surface area contributed by atoms with Crippen LogP contribution >= 0.6 is 0 Å². The average Bonchev–Trinajstić information content (AvgIpc) is 3.20. The van der Waals surface area contributed by atoms with Gasteiger partial charge in [-0.3, -0.25) is 4.57 Å². The van der Waals surface area contributed by atoms with Crippen molar-refractivity contribution in [3.63, 3.8) is 0 Å². The summed E-state index contributed by atoms with van der Waals surface area (Å²) in [7, 11) is 0. The van der Waals surface area contributed by atoms with Crippen LogP contribution in [0.15, 0.2) is 97.2 Å². The third kappa shape index (κ3) is 2.61. The van der Waals surface area contributed by atoms with Gasteiger partial charge in [-0.05, 0) is 36.4 Å². The molecule has 0 spiro atoms. The molecule has 6 rings (SSSR count). The lowest BCUT2D eigenvalue weighted by Crippen LogP contribution is -1.99. The Labute approximate surface area is 178 Å². The van der Waals surface area contributed by atoms with Crippen molar-refractivity contribution < 1.29 is 0 Å². The van der Waals surface area contributed by atoms with Crippen molar-refractivity contribution in [2.75, 3.05) is 0 Å². The monoisotopic (exact) mass is 396 g/mol. The molecule has 3 aromatic heterocycles. The predicted octanol–water partition coefficient (Wildman–Crippen LogP) is 6.27. The molecule has 4 nitrogen and oxygen atoms in total. The molecule has 0 bridgehead atoms. The molecule has 144 valence electrons. The quantitative estimate of drug-likeness (QED) is 0.347. The third-order valence-corrected chi connectivity index (χ3v) is 5.67. The number of aromatic nitrogens is 3. The molecule has 6 aromatic rings. The van der Waals surface area contributed by atoms with Gasteiger partial charge in [-0.15, -0.1) is 0 Å². The topological polar surface area (TPSA) is 54.5 Å². The van der Waals surface area contributed by atoms with E-state index in [-0.39, 0.29) is 0 Å². The fraction of sp³-hybridized carbons (Fsp3) is 0. The number of fused-ring (bicyclic) bond motifs is 5. The van der Waals surface area contributed by atoms with E-state index < -0.39 is 0 Å². The number of pyridine rings is 2. The Balaban J connectivity index is 1.86. The number of nitrogens with zero attached hydrogens (tertiary/aromatic N) is 4. The molecule has 0 unspecified atom stereocenters. The van der Waals surface area contributed by atoms with Gasteiger partial charge >= 0.3 is 0 Å². The van der Waals surface area contributed by atoms with Crippen LogP contribution in [0.5, 0.6) is 0 Å². The molecule has 31 heavy (non-hydrogen) atoms. The van der Waals surface area contributed by atoms with Crippen molar-refractivity contribution in [1.29, 1.82) is 5.26 Å². The van der Waals surface area contributed by atoms with E-state index in [4.69, 9.17) is 4.98 Å². The van der Waals surface area contributed by atoms with Crippen LogP contribution in [0.3, 0.4) is 0 Å². The number of para-hydroxylation sites is 2. The van der Waals surface area contributed by atoms with E-state index in [9.17, 15) is 5.26 Å². The molecular weight excluding hydrogens is 380 g/mol. The molecule has 0 aliphatic heterocycles. The second-order valence-electron chi connectivity index (χ2n) is 7.43. The summed E-state index contributed by atoms with van der Waals surface area (Å²) in [4.78, 5) is 9.73. The molecule has 4 heteroatoms. The Morgan fingerprint density at radius 3 is 2.26 bits per heavy atom. The summed E-state index contributed by atoms with van der Waals surface area (Å²) in [6, 6.07) is 32.4. The van der Waals surface area contributed by atoms with Gasteiger partial charge in [0.25, 0.3) is 0 Å². The largest absolute Gasteiger partial charge is 0.292 e. The average molecular weight is 396 g/mol. The fourth-order valence-electron chi connectivity index (χ4n) is 4.32. The highest BCUT2D eigenvalue weighted by molar-refractivity contribution is 6.23. The zero-order valence-corrected chi connectivity index (χ0v) is 16.5. The number of nitriles is 1. The number of benzene rings is 3. The van der Waals surface area contributed by atoms with Gasteiger partial charge in [0, 0.05) is 27.9 Å². The molecule has 0 saturated heterocycles. The lowest BCUT2D eigenvalue weighted by molar-refractivity contribution is 1.08. The third-order valence-electron chi connectivity index (χ3n) is 5.67. The first-order chi connectivity index (χ1) is 15.3. The first-order valence-corrected chi connectivity index (χ1v) is 10.1. The molecule has 3 aromatic carbocycles. The first-order valence-electron chi connectivity index (χ1n) is 10.1. The SMILES string of the molecule is N#Cc1ccc(-c2nc3ccccc3c3c4ccccc4n(-c4ccccn4)c23)cc1. The predicted molar refractivity (Wildman–Crippen MR) is 124 cm³/mol. The lowest BCUT2D eigenvalue weighted by atomic mass is 10.0. The van der Waals surface area contributed by atoms with Crippen LogP contribution in [-0.2, 0) is 0 Å². The van der Waals surface area contributed by atoms with Gasteiger partial charge in [0.1, 0.15) is 5.82 Å². The second-order valence-corrected chi connectivity index (χ2v) is 7.43. The van der Waals surface area contributed by atoms with Gasteiger partial charge < -0.3 is 0 Å². The minimum atomic E-state index is 0.631. The van der Waals surface area contributed by atoms with Crippen LogP contribution in [-0.4, -0.2) is 14.5 Å². The standard InChI is InChI=1S/C27H16N4/c28-17-18-12-14-19(15-13-18)26-27-25(20-7-1-3-9-22(20)30-26)21-8-2-4-10-23(21)31(27)24-11-5-6-16-29-24/h1-16H. The van der Waals surface area contributed by atoms with Gasteiger partial charge in [0.15, 0.2) is 0 Å². The molecule has 0 N–H and O–H groups in total. The summed E-state index contributed by atoms with van der Waals surface area (Å²) in [6.07, 6.45) is 1.81. The van der Waals surface area contributed by atoms with Crippen LogP contribution in [0, 0.1) is 11.3 Å². The van der Waals surface area contributed by atoms with Gasteiger partial charge in [-0.1, -0.05) is 54.6 Å². The molecule has 3 heterocycles. The van der Waals surface area contributed by atoms with E-state index in [1.807, 2.05) is 54.7 Å². The number of hydrogen-bond donors (Lipinski definition) is 0. The fourth-order valence-corrected chi connectivity index (χ4v) is 4.32. The van der Waals surface area contributed by atoms with Crippen molar-refractivity contribution >= 4 is 32.7 Å². The van der Waals surface area contributed by atoms with E-state index in [0.29, 0.717) is 5.56 Å². The Bertz CT molecular complexity index is 1620. The minimum absolute atomic E-state index is 0.631. The smallest absolute Gasteiger partial charge is 0.137 e. The first kappa shape index (κ1) is 17.4. The van der Waals surface area contributed by atoms with Crippen LogP contribution in [0.1, 0.15) is 5.56 Å². The van der Waals surface area contributed by atoms with Crippen molar-refractivity contribution in [3.8, 4) is 23.1 Å². The Hall–Kier alpha value is -4.49. The lowest BCUT2D eigenvalue weighted by Gasteiger charge is -2.12. The van der Waals surface area contributed by atoms with Crippen molar-refractivity contribution in [3.05, 3.63) is 103 Å². The van der Waals surface area contributed by atoms with Crippen molar-refractivity contribution in [2.45, 2.75) is 0 Å². The van der Waals surface area contributed by atoms with Crippen LogP contribution < -0.4 is 0 Å². The van der Waals surface area contributed by atoms with Crippen molar-refractivity contribution in [1.82, 2.24) is 14.5 Å². The number of rotatable bonds is 2. The summed E-state index contributed by atoms with van der Waals surface area (Å²) < 4.78 is 2.19. The highest BCUT2D eigenvalue weighted by Gasteiger charge is 2.20. The van der Waals surface area contributed by atoms with E-state index in [2.05, 4.69) is 58.1 Å². The van der Waals surface area contributed by atoms with Gasteiger partial charge in [-0.25, -0.2) is 9.97 Å². The maximum absolute atomic E-state index is 9.22. The normalized spacial score (nSPS) is 11.2. The minimum Gasteiger partial charge on any atom is -0.292 e. The molecule has 0 radical (unpaired) electrons. The summed E-state index contributed by atoms with van der Waals surface area (Å²) in [5, 5.41) is 12.7. The number of hydrogen-bond acceptors (Lipinski definition) is 3. The Morgan fingerprint density at radius 1 is 0.742 bits per heavy atom. The second kappa shape index (κ2) is 6.79. The molecule has 0 amide bonds. The molecule has 0 atom stereocenters. The highest BCUT2D eigenvalue weighted by atomic mass is 15.1. The maximum atomic E-state index is 9.22. The van der Waals surface area contributed by atoms with Crippen LogP contribution in [0.4, 0.5) is 0 Å². The van der Waals surface area contributed by atoms with Gasteiger partial charge in [0.05, 0.1) is 33.9 Å². The molecule has 0 aliphatic rings. The maximum Gasteiger partial charge on any atom is 0.137 e. The molecular formula is C27H16N4.